The number of carbonyl (C=O) groups is 1. The van der Waals surface area contributed by atoms with Crippen molar-refractivity contribution < 1.29 is 14.6 Å². The molecule has 0 aliphatic rings. The first-order chi connectivity index (χ1) is 11.6. The molecule has 2 aromatic carbocycles. The molecule has 24 heavy (non-hydrogen) atoms. The van der Waals surface area contributed by atoms with Crippen LogP contribution < -0.4 is 4.74 Å². The molecule has 0 atom stereocenters. The molecule has 0 aliphatic carbocycles. The average molecular weight is 318 g/mol. The summed E-state index contributed by atoms with van der Waals surface area (Å²) < 4.78 is 7.17. The van der Waals surface area contributed by atoms with Gasteiger partial charge in [-0.15, -0.1) is 0 Å². The number of carboxylic acids is 1. The van der Waals surface area contributed by atoms with E-state index in [2.05, 4.69) is 6.07 Å². The second-order valence-corrected chi connectivity index (χ2v) is 5.16. The van der Waals surface area contributed by atoms with Crippen LogP contribution in [0.5, 0.6) is 5.75 Å². The van der Waals surface area contributed by atoms with Gasteiger partial charge >= 0.3 is 5.97 Å². The van der Waals surface area contributed by atoms with Gasteiger partial charge in [-0.2, -0.15) is 5.26 Å². The zero-order chi connectivity index (χ0) is 17.1. The molecule has 0 fully saturated rings. The van der Waals surface area contributed by atoms with Crippen LogP contribution in [0.2, 0.25) is 0 Å². The zero-order valence-corrected chi connectivity index (χ0v) is 12.9. The predicted molar refractivity (Wildman–Crippen MR) is 89.4 cm³/mol. The summed E-state index contributed by atoms with van der Waals surface area (Å²) in [6.45, 7) is 0. The Morgan fingerprint density at radius 1 is 1.08 bits per heavy atom. The topological polar surface area (TPSA) is 75.2 Å². The normalized spacial score (nSPS) is 10.2. The molecule has 0 amide bonds. The van der Waals surface area contributed by atoms with Crippen molar-refractivity contribution in [3.8, 4) is 28.6 Å². The molecule has 3 rings (SSSR count). The SMILES string of the molecule is COc1ccccc1-c1cn(-c2ccc(C(=O)O)cc2)cc1C#N. The number of aromatic carboxylic acids is 1. The first-order valence-electron chi connectivity index (χ1n) is 7.23. The smallest absolute Gasteiger partial charge is 0.335 e. The number of nitriles is 1. The van der Waals surface area contributed by atoms with Crippen molar-refractivity contribution in [3.63, 3.8) is 0 Å². The van der Waals surface area contributed by atoms with E-state index < -0.39 is 5.97 Å². The van der Waals surface area contributed by atoms with Crippen molar-refractivity contribution >= 4 is 5.97 Å². The maximum absolute atomic E-state index is 10.9. The molecule has 0 radical (unpaired) electrons. The van der Waals surface area contributed by atoms with Crippen molar-refractivity contribution in [1.82, 2.24) is 4.57 Å². The van der Waals surface area contributed by atoms with E-state index in [9.17, 15) is 10.1 Å². The molecular formula is C19H14N2O3. The van der Waals surface area contributed by atoms with Gasteiger partial charge in [0.2, 0.25) is 0 Å². The maximum Gasteiger partial charge on any atom is 0.335 e. The Kier molecular flexibility index (Phi) is 4.04. The number of para-hydroxylation sites is 1. The van der Waals surface area contributed by atoms with E-state index in [0.717, 1.165) is 16.8 Å². The largest absolute Gasteiger partial charge is 0.496 e. The Balaban J connectivity index is 2.08. The number of hydrogen-bond donors (Lipinski definition) is 1. The average Bonchev–Trinajstić information content (AvgIpc) is 3.06. The molecule has 1 aromatic heterocycles. The summed E-state index contributed by atoms with van der Waals surface area (Å²) in [6.07, 6.45) is 3.56. The van der Waals surface area contributed by atoms with Crippen LogP contribution in [0.1, 0.15) is 15.9 Å². The third-order valence-corrected chi connectivity index (χ3v) is 3.76. The first kappa shape index (κ1) is 15.4. The van der Waals surface area contributed by atoms with E-state index in [1.807, 2.05) is 30.5 Å². The Hall–Kier alpha value is -3.52. The monoisotopic (exact) mass is 318 g/mol. The molecule has 0 bridgehead atoms. The lowest BCUT2D eigenvalue weighted by Crippen LogP contribution is -1.97. The van der Waals surface area contributed by atoms with Crippen LogP contribution in [-0.4, -0.2) is 22.8 Å². The van der Waals surface area contributed by atoms with Gasteiger partial charge in [0.15, 0.2) is 0 Å². The van der Waals surface area contributed by atoms with Gasteiger partial charge in [-0.3, -0.25) is 0 Å². The highest BCUT2D eigenvalue weighted by atomic mass is 16.5. The number of rotatable bonds is 4. The number of carboxylic acid groups (broad SMARTS) is 1. The van der Waals surface area contributed by atoms with Crippen LogP contribution in [0.4, 0.5) is 0 Å². The molecule has 1 heterocycles. The molecule has 118 valence electrons. The molecule has 0 spiro atoms. The summed E-state index contributed by atoms with van der Waals surface area (Å²) in [6, 6.07) is 16.2. The Morgan fingerprint density at radius 2 is 1.79 bits per heavy atom. The molecule has 0 saturated carbocycles. The minimum absolute atomic E-state index is 0.219. The van der Waals surface area contributed by atoms with Gasteiger partial charge in [-0.1, -0.05) is 18.2 Å². The molecular weight excluding hydrogens is 304 g/mol. The zero-order valence-electron chi connectivity index (χ0n) is 12.9. The van der Waals surface area contributed by atoms with Gasteiger partial charge < -0.3 is 14.4 Å². The lowest BCUT2D eigenvalue weighted by molar-refractivity contribution is 0.0697. The maximum atomic E-state index is 10.9. The van der Waals surface area contributed by atoms with Gasteiger partial charge in [0, 0.05) is 29.2 Å². The molecule has 3 aromatic rings. The van der Waals surface area contributed by atoms with Crippen molar-refractivity contribution in [1.29, 1.82) is 5.26 Å². The van der Waals surface area contributed by atoms with Crippen LogP contribution in [0.15, 0.2) is 60.9 Å². The van der Waals surface area contributed by atoms with Crippen LogP contribution in [0, 0.1) is 11.3 Å². The fourth-order valence-corrected chi connectivity index (χ4v) is 2.55. The van der Waals surface area contributed by atoms with Gasteiger partial charge in [0.25, 0.3) is 0 Å². The van der Waals surface area contributed by atoms with Gasteiger partial charge in [0.05, 0.1) is 18.2 Å². The van der Waals surface area contributed by atoms with Crippen LogP contribution in [0.3, 0.4) is 0 Å². The summed E-state index contributed by atoms with van der Waals surface area (Å²) in [7, 11) is 1.59. The highest BCUT2D eigenvalue weighted by molar-refractivity contribution is 5.87. The summed E-state index contributed by atoms with van der Waals surface area (Å²) in [5, 5.41) is 18.4. The lowest BCUT2D eigenvalue weighted by Gasteiger charge is -2.07. The van der Waals surface area contributed by atoms with Crippen LogP contribution in [-0.2, 0) is 0 Å². The molecule has 5 heteroatoms. The van der Waals surface area contributed by atoms with Crippen molar-refractivity contribution in [2.24, 2.45) is 0 Å². The van der Waals surface area contributed by atoms with Crippen molar-refractivity contribution in [3.05, 3.63) is 72.1 Å². The fraction of sp³-hybridized carbons (Fsp3) is 0.0526. The van der Waals surface area contributed by atoms with Crippen LogP contribution in [0.25, 0.3) is 16.8 Å². The molecule has 5 nitrogen and oxygen atoms in total. The number of ether oxygens (including phenoxy) is 1. The summed E-state index contributed by atoms with van der Waals surface area (Å²) >= 11 is 0. The summed E-state index contributed by atoms with van der Waals surface area (Å²) in [5.74, 6) is -0.283. The molecule has 0 unspecified atom stereocenters. The number of benzene rings is 2. The third-order valence-electron chi connectivity index (χ3n) is 3.76. The summed E-state index contributed by atoms with van der Waals surface area (Å²) in [4.78, 5) is 10.9. The fourth-order valence-electron chi connectivity index (χ4n) is 2.55. The van der Waals surface area contributed by atoms with Crippen molar-refractivity contribution in [2.45, 2.75) is 0 Å². The van der Waals surface area contributed by atoms with Crippen molar-refractivity contribution in [2.75, 3.05) is 7.11 Å². The third kappa shape index (κ3) is 2.73. The van der Waals surface area contributed by atoms with Crippen LogP contribution >= 0.6 is 0 Å². The van der Waals surface area contributed by atoms with E-state index >= 15 is 0 Å². The van der Waals surface area contributed by atoms with E-state index in [1.54, 1.807) is 30.0 Å². The van der Waals surface area contributed by atoms with Gasteiger partial charge in [-0.25, -0.2) is 4.79 Å². The highest BCUT2D eigenvalue weighted by Gasteiger charge is 2.14. The Morgan fingerprint density at radius 3 is 2.42 bits per heavy atom. The highest BCUT2D eigenvalue weighted by Crippen LogP contribution is 2.33. The first-order valence-corrected chi connectivity index (χ1v) is 7.23. The second kappa shape index (κ2) is 6.31. The Labute approximate surface area is 139 Å². The molecule has 1 N–H and O–H groups in total. The van der Waals surface area contributed by atoms with E-state index in [0.29, 0.717) is 11.3 Å². The minimum Gasteiger partial charge on any atom is -0.496 e. The Bertz CT molecular complexity index is 934. The van der Waals surface area contributed by atoms with E-state index in [1.165, 1.54) is 12.1 Å². The number of methoxy groups -OCH3 is 1. The van der Waals surface area contributed by atoms with E-state index in [4.69, 9.17) is 9.84 Å². The number of hydrogen-bond acceptors (Lipinski definition) is 3. The number of nitrogens with zero attached hydrogens (tertiary/aromatic N) is 2. The standard InChI is InChI=1S/C19H14N2O3/c1-24-18-5-3-2-4-16(18)17-12-21(11-14(17)10-20)15-8-6-13(7-9-15)19(22)23/h2-9,11-12H,1H3,(H,22,23). The van der Waals surface area contributed by atoms with E-state index in [-0.39, 0.29) is 5.56 Å². The minimum atomic E-state index is -0.971. The van der Waals surface area contributed by atoms with Gasteiger partial charge in [0.1, 0.15) is 11.8 Å². The predicted octanol–water partition coefficient (Wildman–Crippen LogP) is 3.72. The quantitative estimate of drug-likeness (QED) is 0.795. The molecule has 0 saturated heterocycles. The summed E-state index contributed by atoms with van der Waals surface area (Å²) in [5.41, 5.74) is 3.10. The lowest BCUT2D eigenvalue weighted by atomic mass is 10.0. The van der Waals surface area contributed by atoms with Gasteiger partial charge in [-0.05, 0) is 30.3 Å². The molecule has 0 aliphatic heterocycles. The number of aromatic nitrogens is 1. The second-order valence-electron chi connectivity index (χ2n) is 5.16.